The summed E-state index contributed by atoms with van der Waals surface area (Å²) in [7, 11) is 1.29. The van der Waals surface area contributed by atoms with Gasteiger partial charge in [-0.25, -0.2) is 0 Å². The molecule has 94 valence electrons. The van der Waals surface area contributed by atoms with E-state index in [9.17, 15) is 9.59 Å². The molecule has 1 aliphatic carbocycles. The first-order valence-electron chi connectivity index (χ1n) is 5.66. The van der Waals surface area contributed by atoms with Crippen molar-refractivity contribution in [1.29, 1.82) is 0 Å². The van der Waals surface area contributed by atoms with Crippen molar-refractivity contribution in [2.75, 3.05) is 7.11 Å². The van der Waals surface area contributed by atoms with Gasteiger partial charge in [0, 0.05) is 11.0 Å². The number of hydrogen-bond donors (Lipinski definition) is 0. The van der Waals surface area contributed by atoms with Crippen LogP contribution in [0.4, 0.5) is 0 Å². The summed E-state index contributed by atoms with van der Waals surface area (Å²) in [5.41, 5.74) is 0.924. The molecule has 0 spiro atoms. The van der Waals surface area contributed by atoms with Gasteiger partial charge in [-0.1, -0.05) is 41.9 Å². The van der Waals surface area contributed by atoms with E-state index in [2.05, 4.69) is 0 Å². The smallest absolute Gasteiger partial charge is 0.317 e. The number of benzene rings is 1. The second kappa shape index (κ2) is 5.36. The highest BCUT2D eigenvalue weighted by Gasteiger charge is 2.38. The van der Waals surface area contributed by atoms with Gasteiger partial charge in [0.1, 0.15) is 5.92 Å². The molecule has 3 nitrogen and oxygen atoms in total. The Balaban J connectivity index is 2.40. The van der Waals surface area contributed by atoms with Crippen LogP contribution in [0.15, 0.2) is 41.4 Å². The Bertz CT molecular complexity index is 493. The molecule has 0 bridgehead atoms. The summed E-state index contributed by atoms with van der Waals surface area (Å²) in [5.74, 6) is -1.83. The van der Waals surface area contributed by atoms with E-state index < -0.39 is 11.9 Å². The lowest BCUT2D eigenvalue weighted by Gasteiger charge is -2.27. The maximum absolute atomic E-state index is 11.9. The third kappa shape index (κ3) is 2.46. The summed E-state index contributed by atoms with van der Waals surface area (Å²) in [4.78, 5) is 23.7. The summed E-state index contributed by atoms with van der Waals surface area (Å²) in [5, 5.41) is 0.481. The monoisotopic (exact) mass is 264 g/mol. The number of ketones is 1. The summed E-state index contributed by atoms with van der Waals surface area (Å²) < 4.78 is 4.71. The number of carbonyl (C=O) groups excluding carboxylic acids is 2. The van der Waals surface area contributed by atoms with Gasteiger partial charge in [0.05, 0.1) is 7.11 Å². The van der Waals surface area contributed by atoms with E-state index in [1.54, 1.807) is 0 Å². The number of esters is 1. The predicted molar refractivity (Wildman–Crippen MR) is 68.2 cm³/mol. The number of rotatable bonds is 2. The Labute approximate surface area is 110 Å². The van der Waals surface area contributed by atoms with Gasteiger partial charge in [0.15, 0.2) is 5.78 Å². The van der Waals surface area contributed by atoms with Crippen molar-refractivity contribution in [1.82, 2.24) is 0 Å². The lowest BCUT2D eigenvalue weighted by molar-refractivity contribution is -0.149. The number of allylic oxidation sites excluding steroid dienone is 2. The van der Waals surface area contributed by atoms with Crippen molar-refractivity contribution in [2.24, 2.45) is 5.92 Å². The number of methoxy groups -OCH3 is 1. The van der Waals surface area contributed by atoms with Crippen LogP contribution in [0, 0.1) is 5.92 Å². The van der Waals surface area contributed by atoms with Gasteiger partial charge < -0.3 is 4.74 Å². The van der Waals surface area contributed by atoms with Crippen LogP contribution in [0.2, 0.25) is 0 Å². The predicted octanol–water partition coefficient (Wildman–Crippen LogP) is 2.65. The van der Waals surface area contributed by atoms with Crippen molar-refractivity contribution in [2.45, 2.75) is 12.3 Å². The molecule has 0 N–H and O–H groups in total. The van der Waals surface area contributed by atoms with Crippen molar-refractivity contribution in [3.05, 3.63) is 47.0 Å². The van der Waals surface area contributed by atoms with Crippen molar-refractivity contribution >= 4 is 23.4 Å². The first-order chi connectivity index (χ1) is 8.63. The second-order valence-electron chi connectivity index (χ2n) is 4.22. The lowest BCUT2D eigenvalue weighted by atomic mass is 9.78. The SMILES string of the molecule is COC(=O)[C@@H]1C(=O)C=C(Cl)C[C@H]1c1ccccc1. The molecular formula is C14H13ClO3. The van der Waals surface area contributed by atoms with E-state index in [0.29, 0.717) is 11.5 Å². The van der Waals surface area contributed by atoms with Crippen molar-refractivity contribution < 1.29 is 14.3 Å². The minimum absolute atomic E-state index is 0.247. The van der Waals surface area contributed by atoms with Gasteiger partial charge >= 0.3 is 5.97 Å². The number of halogens is 1. The molecule has 0 saturated carbocycles. The molecule has 0 aromatic heterocycles. The van der Waals surface area contributed by atoms with Gasteiger partial charge in [-0.05, 0) is 18.1 Å². The van der Waals surface area contributed by atoms with E-state index in [1.165, 1.54) is 13.2 Å². The Morgan fingerprint density at radius 1 is 1.33 bits per heavy atom. The fourth-order valence-electron chi connectivity index (χ4n) is 2.25. The quantitative estimate of drug-likeness (QED) is 0.609. The van der Waals surface area contributed by atoms with Crippen molar-refractivity contribution in [3.63, 3.8) is 0 Å². The molecule has 1 aliphatic rings. The molecule has 2 rings (SSSR count). The molecule has 4 heteroatoms. The van der Waals surface area contributed by atoms with Gasteiger partial charge in [0.25, 0.3) is 0 Å². The van der Waals surface area contributed by atoms with E-state index in [0.717, 1.165) is 5.56 Å². The summed E-state index contributed by atoms with van der Waals surface area (Å²) in [6, 6.07) is 9.42. The fraction of sp³-hybridized carbons (Fsp3) is 0.286. The minimum atomic E-state index is -0.792. The molecule has 18 heavy (non-hydrogen) atoms. The van der Waals surface area contributed by atoms with Crippen LogP contribution >= 0.6 is 11.6 Å². The summed E-state index contributed by atoms with van der Waals surface area (Å²) in [6.45, 7) is 0. The highest BCUT2D eigenvalue weighted by molar-refractivity contribution is 6.32. The highest BCUT2D eigenvalue weighted by Crippen LogP contribution is 2.37. The van der Waals surface area contributed by atoms with Crippen LogP contribution in [-0.2, 0) is 14.3 Å². The summed E-state index contributed by atoms with van der Waals surface area (Å²) >= 11 is 5.96. The molecule has 0 fully saturated rings. The van der Waals surface area contributed by atoms with Crippen LogP contribution in [0.5, 0.6) is 0 Å². The third-order valence-electron chi connectivity index (χ3n) is 3.11. The summed E-state index contributed by atoms with van der Waals surface area (Å²) in [6.07, 6.45) is 1.81. The highest BCUT2D eigenvalue weighted by atomic mass is 35.5. The number of ether oxygens (including phenoxy) is 1. The van der Waals surface area contributed by atoms with E-state index in [1.807, 2.05) is 30.3 Å². The Kier molecular flexibility index (Phi) is 3.82. The minimum Gasteiger partial charge on any atom is -0.468 e. The Morgan fingerprint density at radius 2 is 2.00 bits per heavy atom. The number of carbonyl (C=O) groups is 2. The average molecular weight is 265 g/mol. The normalized spacial score (nSPS) is 23.4. The van der Waals surface area contributed by atoms with Gasteiger partial charge in [-0.3, -0.25) is 9.59 Å². The zero-order valence-electron chi connectivity index (χ0n) is 9.93. The van der Waals surface area contributed by atoms with Crippen LogP contribution in [0.1, 0.15) is 17.9 Å². The first kappa shape index (κ1) is 12.8. The molecule has 2 atom stereocenters. The average Bonchev–Trinajstić information content (AvgIpc) is 2.38. The maximum atomic E-state index is 11.9. The van der Waals surface area contributed by atoms with Gasteiger partial charge in [-0.15, -0.1) is 0 Å². The zero-order valence-corrected chi connectivity index (χ0v) is 10.7. The topological polar surface area (TPSA) is 43.4 Å². The molecule has 0 heterocycles. The largest absolute Gasteiger partial charge is 0.468 e. The standard InChI is InChI=1S/C14H13ClO3/c1-18-14(17)13-11(7-10(15)8-12(13)16)9-5-3-2-4-6-9/h2-6,8,11,13H,7H2,1H3/t11-,13-/m0/s1. The van der Waals surface area contributed by atoms with Gasteiger partial charge in [-0.2, -0.15) is 0 Å². The molecule has 1 aromatic rings. The van der Waals surface area contributed by atoms with Crippen LogP contribution in [0.3, 0.4) is 0 Å². The molecule has 0 aliphatic heterocycles. The van der Waals surface area contributed by atoms with E-state index >= 15 is 0 Å². The van der Waals surface area contributed by atoms with Crippen LogP contribution in [-0.4, -0.2) is 18.9 Å². The molecule has 0 radical (unpaired) electrons. The Morgan fingerprint density at radius 3 is 2.61 bits per heavy atom. The molecular weight excluding hydrogens is 252 g/mol. The number of hydrogen-bond acceptors (Lipinski definition) is 3. The molecule has 1 aromatic carbocycles. The first-order valence-corrected chi connectivity index (χ1v) is 6.04. The zero-order chi connectivity index (χ0) is 13.1. The molecule has 0 unspecified atom stereocenters. The second-order valence-corrected chi connectivity index (χ2v) is 4.70. The van der Waals surface area contributed by atoms with E-state index in [4.69, 9.17) is 16.3 Å². The van der Waals surface area contributed by atoms with Crippen molar-refractivity contribution in [3.8, 4) is 0 Å². The lowest BCUT2D eigenvalue weighted by Crippen LogP contribution is -2.33. The maximum Gasteiger partial charge on any atom is 0.317 e. The Hall–Kier alpha value is -1.61. The third-order valence-corrected chi connectivity index (χ3v) is 3.37. The fourth-order valence-corrected chi connectivity index (χ4v) is 2.52. The van der Waals surface area contributed by atoms with E-state index in [-0.39, 0.29) is 11.7 Å². The van der Waals surface area contributed by atoms with Crippen LogP contribution < -0.4 is 0 Å². The molecule has 0 saturated heterocycles. The molecule has 0 amide bonds. The van der Waals surface area contributed by atoms with Crippen LogP contribution in [0.25, 0.3) is 0 Å². The van der Waals surface area contributed by atoms with Gasteiger partial charge in [0.2, 0.25) is 0 Å².